The van der Waals surface area contributed by atoms with Gasteiger partial charge in [0.1, 0.15) is 22.8 Å². The molecule has 27 heavy (non-hydrogen) atoms. The highest BCUT2D eigenvalue weighted by atomic mass is 16.5. The van der Waals surface area contributed by atoms with Gasteiger partial charge in [-0.3, -0.25) is 9.78 Å². The summed E-state index contributed by atoms with van der Waals surface area (Å²) in [5.41, 5.74) is 3.50. The van der Waals surface area contributed by atoms with E-state index in [1.165, 1.54) is 19.4 Å². The van der Waals surface area contributed by atoms with Gasteiger partial charge in [0.05, 0.1) is 13.3 Å². The zero-order chi connectivity index (χ0) is 19.2. The lowest BCUT2D eigenvalue weighted by Gasteiger charge is -2.14. The van der Waals surface area contributed by atoms with Gasteiger partial charge in [0.15, 0.2) is 6.10 Å². The molecule has 0 aliphatic rings. The number of carbonyl (C=O) groups excluding carboxylic acids is 1. The SMILES string of the molecule is COc1ccc(O)c(/C=N/NC(=O)C(C)Oc2cccc3cccnc23)c1. The minimum absolute atomic E-state index is 0.0277. The van der Waals surface area contributed by atoms with Crippen molar-refractivity contribution in [1.29, 1.82) is 0 Å². The van der Waals surface area contributed by atoms with Crippen LogP contribution in [0.25, 0.3) is 10.9 Å². The molecule has 3 rings (SSSR count). The van der Waals surface area contributed by atoms with E-state index < -0.39 is 12.0 Å². The van der Waals surface area contributed by atoms with Crippen LogP contribution in [0.15, 0.2) is 59.8 Å². The van der Waals surface area contributed by atoms with Crippen molar-refractivity contribution in [3.05, 3.63) is 60.3 Å². The molecule has 0 saturated carbocycles. The van der Waals surface area contributed by atoms with Crippen LogP contribution in [0, 0.1) is 0 Å². The van der Waals surface area contributed by atoms with Gasteiger partial charge < -0.3 is 14.6 Å². The van der Waals surface area contributed by atoms with Gasteiger partial charge in [-0.05, 0) is 37.3 Å². The van der Waals surface area contributed by atoms with Crippen LogP contribution in [-0.2, 0) is 4.79 Å². The van der Waals surface area contributed by atoms with E-state index in [2.05, 4.69) is 15.5 Å². The smallest absolute Gasteiger partial charge is 0.280 e. The Balaban J connectivity index is 1.66. The van der Waals surface area contributed by atoms with Crippen LogP contribution in [0.3, 0.4) is 0 Å². The van der Waals surface area contributed by atoms with Crippen LogP contribution in [0.5, 0.6) is 17.2 Å². The number of hydrogen-bond acceptors (Lipinski definition) is 6. The molecule has 0 fully saturated rings. The van der Waals surface area contributed by atoms with Crippen LogP contribution in [0.4, 0.5) is 0 Å². The number of hydrogen-bond donors (Lipinski definition) is 2. The Morgan fingerprint density at radius 1 is 1.26 bits per heavy atom. The van der Waals surface area contributed by atoms with E-state index in [-0.39, 0.29) is 5.75 Å². The highest BCUT2D eigenvalue weighted by molar-refractivity contribution is 5.87. The lowest BCUT2D eigenvalue weighted by atomic mass is 10.2. The molecule has 0 saturated heterocycles. The van der Waals surface area contributed by atoms with E-state index in [1.54, 1.807) is 31.3 Å². The average Bonchev–Trinajstić information content (AvgIpc) is 2.69. The fourth-order valence-corrected chi connectivity index (χ4v) is 2.43. The highest BCUT2D eigenvalue weighted by Crippen LogP contribution is 2.24. The first-order valence-electron chi connectivity index (χ1n) is 8.29. The third-order valence-electron chi connectivity index (χ3n) is 3.88. The maximum atomic E-state index is 12.2. The summed E-state index contributed by atoms with van der Waals surface area (Å²) in [4.78, 5) is 16.5. The number of carbonyl (C=O) groups is 1. The Labute approximate surface area is 156 Å². The molecule has 0 bridgehead atoms. The summed E-state index contributed by atoms with van der Waals surface area (Å²) in [7, 11) is 1.52. The summed E-state index contributed by atoms with van der Waals surface area (Å²) in [5.74, 6) is 0.687. The second kappa shape index (κ2) is 8.18. The van der Waals surface area contributed by atoms with Gasteiger partial charge in [-0.2, -0.15) is 5.10 Å². The number of aromatic nitrogens is 1. The van der Waals surface area contributed by atoms with Gasteiger partial charge in [-0.1, -0.05) is 18.2 Å². The number of methoxy groups -OCH3 is 1. The molecule has 2 N–H and O–H groups in total. The Morgan fingerprint density at radius 2 is 2.07 bits per heavy atom. The fourth-order valence-electron chi connectivity index (χ4n) is 2.43. The normalized spacial score (nSPS) is 12.1. The third kappa shape index (κ3) is 4.33. The molecular weight excluding hydrogens is 346 g/mol. The summed E-state index contributed by atoms with van der Waals surface area (Å²) >= 11 is 0. The number of phenolic OH excluding ortho intramolecular Hbond substituents is 1. The van der Waals surface area contributed by atoms with E-state index in [0.29, 0.717) is 22.6 Å². The largest absolute Gasteiger partial charge is 0.507 e. The van der Waals surface area contributed by atoms with E-state index in [1.807, 2.05) is 24.3 Å². The molecule has 1 amide bonds. The number of nitrogens with one attached hydrogen (secondary N) is 1. The number of pyridine rings is 1. The first kappa shape index (κ1) is 18.2. The number of aromatic hydroxyl groups is 1. The number of hydrazone groups is 1. The van der Waals surface area contributed by atoms with Crippen LogP contribution in [0.2, 0.25) is 0 Å². The Kier molecular flexibility index (Phi) is 5.51. The Hall–Kier alpha value is -3.61. The van der Waals surface area contributed by atoms with Gasteiger partial charge in [0.2, 0.25) is 0 Å². The minimum Gasteiger partial charge on any atom is -0.507 e. The van der Waals surface area contributed by atoms with Crippen molar-refractivity contribution < 1.29 is 19.4 Å². The minimum atomic E-state index is -0.784. The first-order chi connectivity index (χ1) is 13.1. The van der Waals surface area contributed by atoms with Gasteiger partial charge in [0, 0.05) is 17.1 Å². The maximum absolute atomic E-state index is 12.2. The molecule has 0 radical (unpaired) electrons. The molecule has 1 unspecified atom stereocenters. The van der Waals surface area contributed by atoms with Gasteiger partial charge in [0.25, 0.3) is 5.91 Å². The predicted molar refractivity (Wildman–Crippen MR) is 102 cm³/mol. The second-order valence-electron chi connectivity index (χ2n) is 5.75. The molecule has 1 aromatic heterocycles. The molecule has 7 heteroatoms. The molecule has 138 valence electrons. The predicted octanol–water partition coefficient (Wildman–Crippen LogP) is 2.87. The van der Waals surface area contributed by atoms with Crippen molar-refractivity contribution in [2.75, 3.05) is 7.11 Å². The maximum Gasteiger partial charge on any atom is 0.280 e. The fraction of sp³-hybridized carbons (Fsp3) is 0.150. The lowest BCUT2D eigenvalue weighted by molar-refractivity contribution is -0.127. The summed E-state index contributed by atoms with van der Waals surface area (Å²) in [6.07, 6.45) is 2.22. The zero-order valence-electron chi connectivity index (χ0n) is 14.9. The first-order valence-corrected chi connectivity index (χ1v) is 8.29. The summed E-state index contributed by atoms with van der Waals surface area (Å²) < 4.78 is 10.8. The number of ether oxygens (including phenoxy) is 2. The van der Waals surface area contributed by atoms with Crippen LogP contribution in [-0.4, -0.2) is 35.4 Å². The number of rotatable bonds is 6. The molecule has 0 aliphatic heterocycles. The summed E-state index contributed by atoms with van der Waals surface area (Å²) in [6.45, 7) is 1.62. The molecule has 2 aromatic carbocycles. The van der Waals surface area contributed by atoms with Gasteiger partial charge in [-0.25, -0.2) is 5.43 Å². The van der Waals surface area contributed by atoms with Crippen molar-refractivity contribution in [3.8, 4) is 17.2 Å². The van der Waals surface area contributed by atoms with E-state index in [4.69, 9.17) is 9.47 Å². The Morgan fingerprint density at radius 3 is 2.89 bits per heavy atom. The summed E-state index contributed by atoms with van der Waals surface area (Å²) in [6, 6.07) is 14.0. The molecule has 7 nitrogen and oxygen atoms in total. The number of amides is 1. The molecule has 1 heterocycles. The lowest BCUT2D eigenvalue weighted by Crippen LogP contribution is -2.33. The molecular formula is C20H19N3O4. The molecule has 3 aromatic rings. The Bertz CT molecular complexity index is 983. The van der Waals surface area contributed by atoms with Crippen LogP contribution >= 0.6 is 0 Å². The average molecular weight is 365 g/mol. The number of nitrogens with zero attached hydrogens (tertiary/aromatic N) is 2. The van der Waals surface area contributed by atoms with E-state index >= 15 is 0 Å². The number of phenols is 1. The number of benzene rings is 2. The number of fused-ring (bicyclic) bond motifs is 1. The van der Waals surface area contributed by atoms with Crippen molar-refractivity contribution in [3.63, 3.8) is 0 Å². The van der Waals surface area contributed by atoms with Crippen molar-refractivity contribution in [2.24, 2.45) is 5.10 Å². The van der Waals surface area contributed by atoms with Crippen molar-refractivity contribution >= 4 is 23.0 Å². The molecule has 0 spiro atoms. The quantitative estimate of drug-likeness (QED) is 0.518. The van der Waals surface area contributed by atoms with E-state index in [9.17, 15) is 9.90 Å². The third-order valence-corrected chi connectivity index (χ3v) is 3.88. The molecule has 1 atom stereocenters. The zero-order valence-corrected chi connectivity index (χ0v) is 14.9. The van der Waals surface area contributed by atoms with Crippen molar-refractivity contribution in [1.82, 2.24) is 10.4 Å². The highest BCUT2D eigenvalue weighted by Gasteiger charge is 2.15. The second-order valence-corrected chi connectivity index (χ2v) is 5.75. The standard InChI is InChI=1S/C20H19N3O4/c1-13(27-18-7-3-5-14-6-4-10-21-19(14)18)20(25)23-22-12-15-11-16(26-2)8-9-17(15)24/h3-13,24H,1-2H3,(H,23,25)/b22-12+. The van der Waals surface area contributed by atoms with Gasteiger partial charge >= 0.3 is 0 Å². The molecule has 0 aliphatic carbocycles. The topological polar surface area (TPSA) is 93.0 Å². The monoisotopic (exact) mass is 365 g/mol. The number of para-hydroxylation sites is 1. The van der Waals surface area contributed by atoms with Crippen LogP contribution < -0.4 is 14.9 Å². The van der Waals surface area contributed by atoms with E-state index in [0.717, 1.165) is 5.39 Å². The summed E-state index contributed by atoms with van der Waals surface area (Å²) in [5, 5.41) is 14.6. The van der Waals surface area contributed by atoms with Crippen molar-refractivity contribution in [2.45, 2.75) is 13.0 Å². The van der Waals surface area contributed by atoms with Gasteiger partial charge in [-0.15, -0.1) is 0 Å². The van der Waals surface area contributed by atoms with Crippen LogP contribution in [0.1, 0.15) is 12.5 Å².